The summed E-state index contributed by atoms with van der Waals surface area (Å²) in [6.07, 6.45) is 8.76. The quantitative estimate of drug-likeness (QED) is 0.826. The first-order valence-corrected chi connectivity index (χ1v) is 8.37. The number of hydrogen-bond acceptors (Lipinski definition) is 5. The average Bonchev–Trinajstić information content (AvgIpc) is 3.25. The maximum Gasteiger partial charge on any atom is 0.353 e. The lowest BCUT2D eigenvalue weighted by Gasteiger charge is -2.21. The van der Waals surface area contributed by atoms with Gasteiger partial charge in [0, 0.05) is 13.1 Å². The Bertz CT molecular complexity index is 783. The maximum atomic E-state index is 12.6. The second kappa shape index (κ2) is 5.75. The third kappa shape index (κ3) is 2.42. The Kier molecular flexibility index (Phi) is 3.59. The van der Waals surface area contributed by atoms with Crippen LogP contribution in [-0.2, 0) is 0 Å². The molecule has 0 unspecified atom stereocenters. The van der Waals surface area contributed by atoms with Crippen LogP contribution in [0.25, 0.3) is 5.65 Å². The second-order valence-corrected chi connectivity index (χ2v) is 6.39. The first-order chi connectivity index (χ1) is 11.3. The predicted molar refractivity (Wildman–Crippen MR) is 82.3 cm³/mol. The van der Waals surface area contributed by atoms with Gasteiger partial charge < -0.3 is 4.90 Å². The van der Waals surface area contributed by atoms with E-state index in [0.29, 0.717) is 0 Å². The van der Waals surface area contributed by atoms with Crippen molar-refractivity contribution in [1.29, 1.82) is 0 Å². The van der Waals surface area contributed by atoms with Gasteiger partial charge in [0.15, 0.2) is 11.3 Å². The van der Waals surface area contributed by atoms with Gasteiger partial charge in [0.05, 0.1) is 6.04 Å². The van der Waals surface area contributed by atoms with Crippen molar-refractivity contribution >= 4 is 11.6 Å². The molecule has 1 amide bonds. The summed E-state index contributed by atoms with van der Waals surface area (Å²) >= 11 is 0. The van der Waals surface area contributed by atoms with E-state index in [2.05, 4.69) is 15.3 Å². The number of carbonyl (C=O) groups excluding carboxylic acids is 1. The highest BCUT2D eigenvalue weighted by Gasteiger charge is 2.26. The van der Waals surface area contributed by atoms with Crippen LogP contribution in [0.2, 0.25) is 0 Å². The average molecular weight is 316 g/mol. The molecule has 2 aromatic heterocycles. The minimum absolute atomic E-state index is 0.105. The molecule has 8 heteroatoms. The van der Waals surface area contributed by atoms with Crippen LogP contribution in [0.5, 0.6) is 0 Å². The summed E-state index contributed by atoms with van der Waals surface area (Å²) in [5.74, 6) is -0.158. The number of rotatable bonds is 2. The normalized spacial score (nSPS) is 19.6. The van der Waals surface area contributed by atoms with Crippen LogP contribution in [0.1, 0.15) is 61.5 Å². The van der Waals surface area contributed by atoms with E-state index in [9.17, 15) is 9.59 Å². The van der Waals surface area contributed by atoms with Crippen LogP contribution < -0.4 is 5.69 Å². The van der Waals surface area contributed by atoms with Crippen molar-refractivity contribution in [2.45, 2.75) is 51.0 Å². The smallest absolute Gasteiger partial charge is 0.337 e. The molecule has 8 nitrogen and oxygen atoms in total. The number of nitrogens with zero attached hydrogens (tertiary/aromatic N) is 6. The van der Waals surface area contributed by atoms with E-state index in [0.717, 1.165) is 51.6 Å². The molecule has 0 aromatic carbocycles. The van der Waals surface area contributed by atoms with Crippen LogP contribution in [0, 0.1) is 0 Å². The summed E-state index contributed by atoms with van der Waals surface area (Å²) in [4.78, 5) is 31.0. The summed E-state index contributed by atoms with van der Waals surface area (Å²) in [6, 6.07) is 0.105. The number of hydrogen-bond donors (Lipinski definition) is 0. The topological polar surface area (TPSA) is 85.4 Å². The molecule has 3 heterocycles. The van der Waals surface area contributed by atoms with Crippen molar-refractivity contribution in [3.63, 3.8) is 0 Å². The molecule has 122 valence electrons. The number of imidazole rings is 1. The number of aromatic nitrogens is 5. The molecule has 0 radical (unpaired) electrons. The standard InChI is InChI=1S/C15H20N6O2/c22-14(19-8-4-5-9-19)12-13-17-18-21(11-6-2-1-3-7-11)15(23)20(13)10-16-12/h10-11H,1-9H2. The van der Waals surface area contributed by atoms with Crippen molar-refractivity contribution < 1.29 is 4.79 Å². The third-order valence-electron chi connectivity index (χ3n) is 4.90. The molecule has 23 heavy (non-hydrogen) atoms. The zero-order chi connectivity index (χ0) is 15.8. The fourth-order valence-corrected chi connectivity index (χ4v) is 3.59. The monoisotopic (exact) mass is 316 g/mol. The SMILES string of the molecule is O=C(c1ncn2c(=O)n(C3CCCCC3)nnc12)N1CCCC1. The van der Waals surface area contributed by atoms with Gasteiger partial charge in [-0.25, -0.2) is 14.2 Å². The molecule has 1 saturated carbocycles. The molecule has 2 aromatic rings. The van der Waals surface area contributed by atoms with Gasteiger partial charge in [-0.3, -0.25) is 4.79 Å². The number of fused-ring (bicyclic) bond motifs is 1. The number of amides is 1. The van der Waals surface area contributed by atoms with Gasteiger partial charge in [-0.15, -0.1) is 5.10 Å². The fraction of sp³-hybridized carbons (Fsp3) is 0.667. The van der Waals surface area contributed by atoms with E-state index in [1.165, 1.54) is 21.8 Å². The van der Waals surface area contributed by atoms with E-state index < -0.39 is 0 Å². The third-order valence-corrected chi connectivity index (χ3v) is 4.90. The fourth-order valence-electron chi connectivity index (χ4n) is 3.59. The van der Waals surface area contributed by atoms with Gasteiger partial charge in [0.25, 0.3) is 5.91 Å². The van der Waals surface area contributed by atoms with Crippen molar-refractivity contribution in [2.24, 2.45) is 0 Å². The van der Waals surface area contributed by atoms with Crippen LogP contribution in [-0.4, -0.2) is 48.3 Å². The molecule has 0 atom stereocenters. The highest BCUT2D eigenvalue weighted by Crippen LogP contribution is 2.26. The molecule has 0 spiro atoms. The largest absolute Gasteiger partial charge is 0.353 e. The van der Waals surface area contributed by atoms with Gasteiger partial charge in [-0.05, 0) is 25.7 Å². The van der Waals surface area contributed by atoms with Crippen molar-refractivity contribution in [3.05, 3.63) is 22.5 Å². The van der Waals surface area contributed by atoms with E-state index in [1.54, 1.807) is 4.90 Å². The van der Waals surface area contributed by atoms with E-state index in [4.69, 9.17) is 0 Å². The highest BCUT2D eigenvalue weighted by molar-refractivity contribution is 5.97. The van der Waals surface area contributed by atoms with Crippen LogP contribution in [0.15, 0.2) is 11.1 Å². The van der Waals surface area contributed by atoms with Crippen molar-refractivity contribution in [3.8, 4) is 0 Å². The Morgan fingerprint density at radius 2 is 1.83 bits per heavy atom. The zero-order valence-corrected chi connectivity index (χ0v) is 13.0. The first-order valence-electron chi connectivity index (χ1n) is 8.37. The Morgan fingerprint density at radius 1 is 1.09 bits per heavy atom. The Labute approximate surface area is 133 Å². The summed E-state index contributed by atoms with van der Waals surface area (Å²) in [7, 11) is 0. The predicted octanol–water partition coefficient (Wildman–Crippen LogP) is 1.03. The molecular weight excluding hydrogens is 296 g/mol. The maximum absolute atomic E-state index is 12.6. The molecule has 1 aliphatic carbocycles. The second-order valence-electron chi connectivity index (χ2n) is 6.39. The van der Waals surface area contributed by atoms with Crippen LogP contribution >= 0.6 is 0 Å². The molecule has 2 fully saturated rings. The summed E-state index contributed by atoms with van der Waals surface area (Å²) in [5, 5.41) is 8.23. The summed E-state index contributed by atoms with van der Waals surface area (Å²) in [5.41, 5.74) is 0.237. The minimum atomic E-state index is -0.255. The highest BCUT2D eigenvalue weighted by atomic mass is 16.2. The van der Waals surface area contributed by atoms with Crippen LogP contribution in [0.3, 0.4) is 0 Å². The van der Waals surface area contributed by atoms with Gasteiger partial charge in [-0.1, -0.05) is 24.5 Å². The van der Waals surface area contributed by atoms with Crippen LogP contribution in [0.4, 0.5) is 0 Å². The minimum Gasteiger partial charge on any atom is -0.337 e. The van der Waals surface area contributed by atoms with Crippen molar-refractivity contribution in [2.75, 3.05) is 13.1 Å². The lowest BCUT2D eigenvalue weighted by molar-refractivity contribution is 0.0789. The lowest BCUT2D eigenvalue weighted by atomic mass is 9.96. The summed E-state index contributed by atoms with van der Waals surface area (Å²) < 4.78 is 2.81. The molecule has 4 rings (SSSR count). The molecule has 1 saturated heterocycles. The zero-order valence-electron chi connectivity index (χ0n) is 13.0. The molecule has 0 N–H and O–H groups in total. The molecular formula is C15H20N6O2. The van der Waals surface area contributed by atoms with Gasteiger partial charge in [0.1, 0.15) is 6.33 Å². The van der Waals surface area contributed by atoms with Gasteiger partial charge in [0.2, 0.25) is 0 Å². The van der Waals surface area contributed by atoms with Gasteiger partial charge in [-0.2, -0.15) is 4.68 Å². The number of carbonyl (C=O) groups is 1. The molecule has 1 aliphatic heterocycles. The molecule has 0 bridgehead atoms. The first kappa shape index (κ1) is 14.3. The Hall–Kier alpha value is -2.25. The Balaban J connectivity index is 1.71. The van der Waals surface area contributed by atoms with E-state index >= 15 is 0 Å². The lowest BCUT2D eigenvalue weighted by Crippen LogP contribution is -2.34. The van der Waals surface area contributed by atoms with Gasteiger partial charge >= 0.3 is 5.69 Å². The van der Waals surface area contributed by atoms with E-state index in [1.807, 2.05) is 0 Å². The summed E-state index contributed by atoms with van der Waals surface area (Å²) in [6.45, 7) is 1.48. The number of likely N-dealkylation sites (tertiary alicyclic amines) is 1. The molecule has 2 aliphatic rings. The Morgan fingerprint density at radius 3 is 2.57 bits per heavy atom. The van der Waals surface area contributed by atoms with Crippen molar-refractivity contribution in [1.82, 2.24) is 29.3 Å². The van der Waals surface area contributed by atoms with E-state index in [-0.39, 0.29) is 29.0 Å².